The first-order valence-corrected chi connectivity index (χ1v) is 15.4. The van der Waals surface area contributed by atoms with Gasteiger partial charge in [0.25, 0.3) is 11.8 Å². The molecule has 0 bridgehead atoms. The molecule has 4 aromatic rings. The SMILES string of the molecule is CCC(Sc1cccc(NC(=O)/C(=C\c2cccc(Br)c2)NC(=O)c2ccccc2)c1)C(=O)Nc1cc(OC)cc(OC)c1. The number of anilines is 2. The highest BCUT2D eigenvalue weighted by Gasteiger charge is 2.20. The van der Waals surface area contributed by atoms with Crippen LogP contribution in [0.1, 0.15) is 29.3 Å². The van der Waals surface area contributed by atoms with E-state index in [0.717, 1.165) is 14.9 Å². The van der Waals surface area contributed by atoms with Crippen LogP contribution in [-0.4, -0.2) is 37.2 Å². The second-order valence-electron chi connectivity index (χ2n) is 9.52. The molecular formula is C34H32BrN3O5S. The van der Waals surface area contributed by atoms with Gasteiger partial charge >= 0.3 is 0 Å². The van der Waals surface area contributed by atoms with Crippen LogP contribution in [0.15, 0.2) is 112 Å². The van der Waals surface area contributed by atoms with Crippen molar-refractivity contribution in [2.45, 2.75) is 23.5 Å². The maximum absolute atomic E-state index is 13.5. The van der Waals surface area contributed by atoms with Crippen LogP contribution < -0.4 is 25.4 Å². The molecule has 4 rings (SSSR count). The van der Waals surface area contributed by atoms with Gasteiger partial charge in [0, 0.05) is 44.5 Å². The standard InChI is InChI=1S/C34H32BrN3O5S/c1-4-31(34(41)37-26-18-27(42-2)21-28(19-26)43-3)44-29-15-9-14-25(20-29)36-33(40)30(17-22-10-8-13-24(35)16-22)38-32(39)23-11-6-5-7-12-23/h5-21,31H,4H2,1-3H3,(H,36,40)(H,37,41)(H,38,39)/b30-17+. The topological polar surface area (TPSA) is 106 Å². The number of amides is 3. The van der Waals surface area contributed by atoms with E-state index in [1.165, 1.54) is 11.8 Å². The Labute approximate surface area is 269 Å². The highest BCUT2D eigenvalue weighted by atomic mass is 79.9. The van der Waals surface area contributed by atoms with Crippen molar-refractivity contribution in [2.24, 2.45) is 0 Å². The predicted octanol–water partition coefficient (Wildman–Crippen LogP) is 7.39. The summed E-state index contributed by atoms with van der Waals surface area (Å²) in [5, 5.41) is 8.17. The Bertz CT molecular complexity index is 1640. The largest absolute Gasteiger partial charge is 0.497 e. The Morgan fingerprint density at radius 3 is 2.18 bits per heavy atom. The van der Waals surface area contributed by atoms with Gasteiger partial charge in [0.1, 0.15) is 17.2 Å². The molecule has 0 aliphatic heterocycles. The third kappa shape index (κ3) is 9.23. The molecule has 226 valence electrons. The maximum atomic E-state index is 13.5. The van der Waals surface area contributed by atoms with E-state index in [1.54, 1.807) is 81.0 Å². The van der Waals surface area contributed by atoms with E-state index in [1.807, 2.05) is 43.3 Å². The van der Waals surface area contributed by atoms with Gasteiger partial charge in [-0.15, -0.1) is 11.8 Å². The van der Waals surface area contributed by atoms with Crippen molar-refractivity contribution in [2.75, 3.05) is 24.9 Å². The maximum Gasteiger partial charge on any atom is 0.272 e. The number of ether oxygens (including phenoxy) is 2. The molecule has 0 radical (unpaired) electrons. The van der Waals surface area contributed by atoms with Gasteiger partial charge in [0.15, 0.2) is 0 Å². The van der Waals surface area contributed by atoms with Crippen LogP contribution in [0.4, 0.5) is 11.4 Å². The molecule has 0 aliphatic rings. The Morgan fingerprint density at radius 1 is 0.818 bits per heavy atom. The number of methoxy groups -OCH3 is 2. The minimum Gasteiger partial charge on any atom is -0.497 e. The minimum atomic E-state index is -0.492. The van der Waals surface area contributed by atoms with Crippen molar-refractivity contribution in [3.05, 3.63) is 118 Å². The fourth-order valence-corrected chi connectivity index (χ4v) is 5.57. The molecule has 0 fully saturated rings. The van der Waals surface area contributed by atoms with Crippen molar-refractivity contribution >= 4 is 62.9 Å². The van der Waals surface area contributed by atoms with Gasteiger partial charge in [-0.25, -0.2) is 0 Å². The summed E-state index contributed by atoms with van der Waals surface area (Å²) in [5.41, 5.74) is 2.31. The van der Waals surface area contributed by atoms with E-state index >= 15 is 0 Å². The van der Waals surface area contributed by atoms with E-state index in [9.17, 15) is 14.4 Å². The first-order chi connectivity index (χ1) is 21.3. The van der Waals surface area contributed by atoms with Crippen LogP contribution in [0.25, 0.3) is 6.08 Å². The first kappa shape index (κ1) is 32.4. The van der Waals surface area contributed by atoms with Crippen molar-refractivity contribution in [3.8, 4) is 11.5 Å². The van der Waals surface area contributed by atoms with Gasteiger partial charge < -0.3 is 25.4 Å². The summed E-state index contributed by atoms with van der Waals surface area (Å²) in [7, 11) is 3.10. The van der Waals surface area contributed by atoms with Crippen LogP contribution in [0.5, 0.6) is 11.5 Å². The summed E-state index contributed by atoms with van der Waals surface area (Å²) >= 11 is 4.83. The number of carbonyl (C=O) groups excluding carboxylic acids is 3. The van der Waals surface area contributed by atoms with Gasteiger partial charge in [-0.2, -0.15) is 0 Å². The Balaban J connectivity index is 1.50. The van der Waals surface area contributed by atoms with Crippen LogP contribution >= 0.6 is 27.7 Å². The van der Waals surface area contributed by atoms with E-state index in [2.05, 4.69) is 31.9 Å². The van der Waals surface area contributed by atoms with E-state index in [-0.39, 0.29) is 11.6 Å². The number of halogens is 1. The Kier molecular flexibility index (Phi) is 11.6. The smallest absolute Gasteiger partial charge is 0.272 e. The number of hydrogen-bond donors (Lipinski definition) is 3. The molecule has 8 nitrogen and oxygen atoms in total. The summed E-state index contributed by atoms with van der Waals surface area (Å²) in [4.78, 5) is 40.4. The molecule has 1 atom stereocenters. The number of carbonyl (C=O) groups is 3. The number of nitrogens with one attached hydrogen (secondary N) is 3. The van der Waals surface area contributed by atoms with Crippen molar-refractivity contribution in [1.29, 1.82) is 0 Å². The van der Waals surface area contributed by atoms with Gasteiger partial charge in [-0.3, -0.25) is 14.4 Å². The lowest BCUT2D eigenvalue weighted by Crippen LogP contribution is -2.30. The average molecular weight is 675 g/mol. The molecule has 0 saturated heterocycles. The zero-order valence-corrected chi connectivity index (χ0v) is 26.8. The Hall–Kier alpha value is -4.54. The third-order valence-electron chi connectivity index (χ3n) is 6.34. The number of rotatable bonds is 12. The predicted molar refractivity (Wildman–Crippen MR) is 179 cm³/mol. The normalized spacial score (nSPS) is 11.7. The fourth-order valence-electron chi connectivity index (χ4n) is 4.14. The van der Waals surface area contributed by atoms with Crippen molar-refractivity contribution < 1.29 is 23.9 Å². The quantitative estimate of drug-likeness (QED) is 0.107. The molecule has 4 aromatic carbocycles. The number of benzene rings is 4. The minimum absolute atomic E-state index is 0.0783. The van der Waals surface area contributed by atoms with E-state index in [0.29, 0.717) is 34.9 Å². The molecular weight excluding hydrogens is 642 g/mol. The van der Waals surface area contributed by atoms with Crippen molar-refractivity contribution in [3.63, 3.8) is 0 Å². The lowest BCUT2D eigenvalue weighted by atomic mass is 10.1. The van der Waals surface area contributed by atoms with Crippen LogP contribution in [0.2, 0.25) is 0 Å². The molecule has 3 N–H and O–H groups in total. The second-order valence-corrected chi connectivity index (χ2v) is 11.7. The zero-order chi connectivity index (χ0) is 31.5. The van der Waals surface area contributed by atoms with E-state index in [4.69, 9.17) is 9.47 Å². The van der Waals surface area contributed by atoms with Crippen molar-refractivity contribution in [1.82, 2.24) is 5.32 Å². The number of hydrogen-bond acceptors (Lipinski definition) is 6. The van der Waals surface area contributed by atoms with Gasteiger partial charge in [0.05, 0.1) is 19.5 Å². The highest BCUT2D eigenvalue weighted by molar-refractivity contribution is 9.10. The molecule has 0 saturated carbocycles. The average Bonchev–Trinajstić information content (AvgIpc) is 3.03. The fraction of sp³-hybridized carbons (Fsp3) is 0.147. The molecule has 0 aromatic heterocycles. The number of thioether (sulfide) groups is 1. The monoisotopic (exact) mass is 673 g/mol. The zero-order valence-electron chi connectivity index (χ0n) is 24.4. The third-order valence-corrected chi connectivity index (χ3v) is 8.19. The van der Waals surface area contributed by atoms with Crippen LogP contribution in [-0.2, 0) is 9.59 Å². The molecule has 0 aliphatic carbocycles. The molecule has 3 amide bonds. The molecule has 10 heteroatoms. The summed E-state index contributed by atoms with van der Waals surface area (Å²) in [6, 6.07) is 28.5. The lowest BCUT2D eigenvalue weighted by Gasteiger charge is -2.17. The summed E-state index contributed by atoms with van der Waals surface area (Å²) in [5.74, 6) is 0.0594. The molecule has 0 heterocycles. The molecule has 1 unspecified atom stereocenters. The molecule has 0 spiro atoms. The van der Waals surface area contributed by atoms with Gasteiger partial charge in [-0.1, -0.05) is 59.3 Å². The second kappa shape index (κ2) is 15.8. The van der Waals surface area contributed by atoms with E-state index < -0.39 is 17.1 Å². The first-order valence-electron chi connectivity index (χ1n) is 13.7. The van der Waals surface area contributed by atoms with Gasteiger partial charge in [0.2, 0.25) is 5.91 Å². The van der Waals surface area contributed by atoms with Crippen LogP contribution in [0.3, 0.4) is 0 Å². The lowest BCUT2D eigenvalue weighted by molar-refractivity contribution is -0.116. The summed E-state index contributed by atoms with van der Waals surface area (Å²) in [6.45, 7) is 1.93. The summed E-state index contributed by atoms with van der Waals surface area (Å²) in [6.07, 6.45) is 2.18. The molecule has 44 heavy (non-hydrogen) atoms. The Morgan fingerprint density at radius 2 is 1.52 bits per heavy atom. The summed E-state index contributed by atoms with van der Waals surface area (Å²) < 4.78 is 11.4. The highest BCUT2D eigenvalue weighted by Crippen LogP contribution is 2.30. The van der Waals surface area contributed by atoms with Crippen LogP contribution in [0, 0.1) is 0 Å². The van der Waals surface area contributed by atoms with Gasteiger partial charge in [-0.05, 0) is 60.5 Å².